The number of anilines is 1. The van der Waals surface area contributed by atoms with E-state index in [1.165, 1.54) is 11.0 Å². The second-order valence-electron chi connectivity index (χ2n) is 5.88. The third kappa shape index (κ3) is 3.50. The molecule has 24 heavy (non-hydrogen) atoms. The van der Waals surface area contributed by atoms with Crippen LogP contribution < -0.4 is 4.90 Å². The molecule has 7 heteroatoms. The van der Waals surface area contributed by atoms with Crippen LogP contribution in [0.15, 0.2) is 30.3 Å². The predicted octanol–water partition coefficient (Wildman–Crippen LogP) is 2.63. The van der Waals surface area contributed by atoms with Crippen molar-refractivity contribution in [3.63, 3.8) is 0 Å². The van der Waals surface area contributed by atoms with Gasteiger partial charge in [0, 0.05) is 26.7 Å². The van der Waals surface area contributed by atoms with Crippen LogP contribution in [0.5, 0.6) is 0 Å². The van der Waals surface area contributed by atoms with E-state index in [9.17, 15) is 13.6 Å². The van der Waals surface area contributed by atoms with Gasteiger partial charge in [-0.15, -0.1) is 10.2 Å². The number of aromatic nitrogens is 2. The molecule has 1 amide bonds. The van der Waals surface area contributed by atoms with Crippen LogP contribution in [-0.2, 0) is 6.54 Å². The van der Waals surface area contributed by atoms with Crippen molar-refractivity contribution in [1.82, 2.24) is 15.1 Å². The summed E-state index contributed by atoms with van der Waals surface area (Å²) >= 11 is 0. The van der Waals surface area contributed by atoms with E-state index in [0.29, 0.717) is 5.56 Å². The number of nitrogens with zero attached hydrogens (tertiary/aromatic N) is 4. The second-order valence-corrected chi connectivity index (χ2v) is 5.88. The van der Waals surface area contributed by atoms with Crippen molar-refractivity contribution < 1.29 is 13.6 Å². The third-order valence-electron chi connectivity index (χ3n) is 4.05. The van der Waals surface area contributed by atoms with Crippen molar-refractivity contribution in [2.24, 2.45) is 0 Å². The van der Waals surface area contributed by atoms with Gasteiger partial charge < -0.3 is 9.80 Å². The van der Waals surface area contributed by atoms with E-state index in [-0.39, 0.29) is 18.1 Å². The maximum absolute atomic E-state index is 13.2. The SMILES string of the molecule is CN(Cc1ccc(F)c(F)c1)C(=O)c1ccc(N2CCCC2)nn1. The Morgan fingerprint density at radius 3 is 2.50 bits per heavy atom. The highest BCUT2D eigenvalue weighted by atomic mass is 19.2. The van der Waals surface area contributed by atoms with Crippen LogP contribution in [0.4, 0.5) is 14.6 Å². The molecule has 1 saturated heterocycles. The molecule has 0 bridgehead atoms. The number of carbonyl (C=O) groups is 1. The Balaban J connectivity index is 1.67. The molecular formula is C17H18F2N4O. The zero-order valence-corrected chi connectivity index (χ0v) is 13.4. The van der Waals surface area contributed by atoms with Crippen LogP contribution in [-0.4, -0.2) is 41.1 Å². The summed E-state index contributed by atoms with van der Waals surface area (Å²) in [5.74, 6) is -1.38. The number of carbonyl (C=O) groups excluding carboxylic acids is 1. The van der Waals surface area contributed by atoms with Gasteiger partial charge in [0.05, 0.1) is 0 Å². The Bertz CT molecular complexity index is 730. The Morgan fingerprint density at radius 2 is 1.88 bits per heavy atom. The van der Waals surface area contributed by atoms with Gasteiger partial charge in [0.25, 0.3) is 5.91 Å². The Morgan fingerprint density at radius 1 is 1.12 bits per heavy atom. The van der Waals surface area contributed by atoms with Gasteiger partial charge in [-0.3, -0.25) is 4.79 Å². The van der Waals surface area contributed by atoms with Gasteiger partial charge in [-0.05, 0) is 42.7 Å². The number of hydrogen-bond donors (Lipinski definition) is 0. The van der Waals surface area contributed by atoms with Crippen LogP contribution in [0, 0.1) is 11.6 Å². The average Bonchev–Trinajstić information content (AvgIpc) is 3.12. The Hall–Kier alpha value is -2.57. The first-order valence-electron chi connectivity index (χ1n) is 7.82. The predicted molar refractivity (Wildman–Crippen MR) is 85.6 cm³/mol. The largest absolute Gasteiger partial charge is 0.355 e. The van der Waals surface area contributed by atoms with Gasteiger partial charge >= 0.3 is 0 Å². The van der Waals surface area contributed by atoms with E-state index in [1.807, 2.05) is 0 Å². The zero-order valence-electron chi connectivity index (χ0n) is 13.4. The summed E-state index contributed by atoms with van der Waals surface area (Å²) in [6, 6.07) is 7.01. The van der Waals surface area contributed by atoms with Crippen LogP contribution in [0.1, 0.15) is 28.9 Å². The molecule has 126 valence electrons. The maximum atomic E-state index is 13.2. The average molecular weight is 332 g/mol. The smallest absolute Gasteiger partial charge is 0.274 e. The third-order valence-corrected chi connectivity index (χ3v) is 4.05. The van der Waals surface area contributed by atoms with Crippen molar-refractivity contribution in [1.29, 1.82) is 0 Å². The topological polar surface area (TPSA) is 49.3 Å². The lowest BCUT2D eigenvalue weighted by Crippen LogP contribution is -2.28. The lowest BCUT2D eigenvalue weighted by Gasteiger charge is -2.18. The standard InChI is InChI=1S/C17H18F2N4O/c1-22(11-12-4-5-13(18)14(19)10-12)17(24)15-6-7-16(21-20-15)23-8-2-3-9-23/h4-7,10H,2-3,8-9,11H2,1H3. The minimum atomic E-state index is -0.928. The quantitative estimate of drug-likeness (QED) is 0.864. The molecule has 1 fully saturated rings. The van der Waals surface area contributed by atoms with Crippen LogP contribution in [0.3, 0.4) is 0 Å². The van der Waals surface area contributed by atoms with Gasteiger partial charge in [0.1, 0.15) is 0 Å². The monoisotopic (exact) mass is 332 g/mol. The van der Waals surface area contributed by atoms with E-state index in [0.717, 1.165) is 43.9 Å². The minimum absolute atomic E-state index is 0.158. The minimum Gasteiger partial charge on any atom is -0.355 e. The molecule has 1 aromatic carbocycles. The molecule has 2 heterocycles. The van der Waals surface area contributed by atoms with Gasteiger partial charge in [-0.2, -0.15) is 0 Å². The first-order valence-corrected chi connectivity index (χ1v) is 7.82. The van der Waals surface area contributed by atoms with Crippen molar-refractivity contribution in [3.8, 4) is 0 Å². The summed E-state index contributed by atoms with van der Waals surface area (Å²) in [4.78, 5) is 15.9. The fraction of sp³-hybridized carbons (Fsp3) is 0.353. The number of benzene rings is 1. The second kappa shape index (κ2) is 6.90. The van der Waals surface area contributed by atoms with Gasteiger partial charge in [-0.25, -0.2) is 8.78 Å². The van der Waals surface area contributed by atoms with E-state index < -0.39 is 11.6 Å². The first kappa shape index (κ1) is 16.3. The molecular weight excluding hydrogens is 314 g/mol. The Kier molecular flexibility index (Phi) is 4.69. The molecule has 0 saturated carbocycles. The highest BCUT2D eigenvalue weighted by Crippen LogP contribution is 2.17. The van der Waals surface area contributed by atoms with Crippen LogP contribution >= 0.6 is 0 Å². The number of halogens is 2. The molecule has 1 aliphatic rings. The number of rotatable bonds is 4. The number of hydrogen-bond acceptors (Lipinski definition) is 4. The molecule has 5 nitrogen and oxygen atoms in total. The molecule has 2 aromatic rings. The molecule has 0 unspecified atom stereocenters. The summed E-state index contributed by atoms with van der Waals surface area (Å²) in [7, 11) is 1.58. The number of amides is 1. The van der Waals surface area contributed by atoms with Crippen LogP contribution in [0.2, 0.25) is 0 Å². The molecule has 1 aliphatic heterocycles. The Labute approximate surface area is 138 Å². The first-order chi connectivity index (χ1) is 11.5. The summed E-state index contributed by atoms with van der Waals surface area (Å²) < 4.78 is 26.2. The molecule has 0 spiro atoms. The van der Waals surface area contributed by atoms with Gasteiger partial charge in [0.15, 0.2) is 23.1 Å². The summed E-state index contributed by atoms with van der Waals surface area (Å²) in [6.07, 6.45) is 2.28. The lowest BCUT2D eigenvalue weighted by molar-refractivity contribution is 0.0778. The van der Waals surface area contributed by atoms with Crippen molar-refractivity contribution >= 4 is 11.7 Å². The lowest BCUT2D eigenvalue weighted by atomic mass is 10.2. The molecule has 0 N–H and O–H groups in total. The zero-order chi connectivity index (χ0) is 17.1. The molecule has 0 radical (unpaired) electrons. The fourth-order valence-electron chi connectivity index (χ4n) is 2.73. The normalized spacial score (nSPS) is 14.0. The highest BCUT2D eigenvalue weighted by molar-refractivity contribution is 5.92. The van der Waals surface area contributed by atoms with Crippen LogP contribution in [0.25, 0.3) is 0 Å². The molecule has 0 aliphatic carbocycles. The fourth-order valence-corrected chi connectivity index (χ4v) is 2.73. The van der Waals surface area contributed by atoms with Crippen molar-refractivity contribution in [2.45, 2.75) is 19.4 Å². The van der Waals surface area contributed by atoms with Crippen molar-refractivity contribution in [2.75, 3.05) is 25.0 Å². The van der Waals surface area contributed by atoms with Gasteiger partial charge in [-0.1, -0.05) is 6.07 Å². The van der Waals surface area contributed by atoms with Gasteiger partial charge in [0.2, 0.25) is 0 Å². The van der Waals surface area contributed by atoms with E-state index >= 15 is 0 Å². The molecule has 1 aromatic heterocycles. The summed E-state index contributed by atoms with van der Waals surface area (Å²) in [6.45, 7) is 2.07. The highest BCUT2D eigenvalue weighted by Gasteiger charge is 2.18. The van der Waals surface area contributed by atoms with Crippen molar-refractivity contribution in [3.05, 3.63) is 53.2 Å². The van der Waals surface area contributed by atoms with E-state index in [2.05, 4.69) is 15.1 Å². The summed E-state index contributed by atoms with van der Waals surface area (Å²) in [5, 5.41) is 8.12. The molecule has 3 rings (SSSR count). The summed E-state index contributed by atoms with van der Waals surface area (Å²) in [5.41, 5.74) is 0.731. The molecule has 0 atom stereocenters. The van der Waals surface area contributed by atoms with E-state index in [4.69, 9.17) is 0 Å². The maximum Gasteiger partial charge on any atom is 0.274 e. The van der Waals surface area contributed by atoms with E-state index in [1.54, 1.807) is 19.2 Å².